The van der Waals surface area contributed by atoms with Crippen LogP contribution in [0.25, 0.3) is 0 Å². The summed E-state index contributed by atoms with van der Waals surface area (Å²) < 4.78 is 0.795. The molecule has 3 unspecified atom stereocenters. The highest BCUT2D eigenvalue weighted by molar-refractivity contribution is 7.15. The maximum absolute atomic E-state index is 5.91. The van der Waals surface area contributed by atoms with Crippen LogP contribution in [0.4, 0.5) is 0 Å². The van der Waals surface area contributed by atoms with Gasteiger partial charge in [-0.2, -0.15) is 0 Å². The van der Waals surface area contributed by atoms with E-state index in [0.717, 1.165) is 27.7 Å². The van der Waals surface area contributed by atoms with Crippen molar-refractivity contribution in [1.82, 2.24) is 15.2 Å². The van der Waals surface area contributed by atoms with Gasteiger partial charge in [0, 0.05) is 12.6 Å². The Morgan fingerprint density at radius 1 is 1.62 bits per heavy atom. The molecule has 2 saturated heterocycles. The largest absolute Gasteiger partial charge is 0.316 e. The van der Waals surface area contributed by atoms with Crippen molar-refractivity contribution in [3.05, 3.63) is 15.5 Å². The van der Waals surface area contributed by atoms with Crippen LogP contribution in [0.5, 0.6) is 0 Å². The van der Waals surface area contributed by atoms with E-state index in [1.807, 2.05) is 0 Å². The normalized spacial score (nSPS) is 34.5. The minimum atomic E-state index is 0.669. The number of fused-ring (bicyclic) bond motifs is 1. The van der Waals surface area contributed by atoms with Gasteiger partial charge >= 0.3 is 0 Å². The van der Waals surface area contributed by atoms with E-state index in [2.05, 4.69) is 22.1 Å². The zero-order valence-corrected chi connectivity index (χ0v) is 10.9. The van der Waals surface area contributed by atoms with E-state index < -0.39 is 0 Å². The molecule has 3 atom stereocenters. The molecule has 3 nitrogen and oxygen atoms in total. The SMILES string of the molecule is CC1C2CNCC2CN1Cc1ncc(Cl)s1. The van der Waals surface area contributed by atoms with Gasteiger partial charge < -0.3 is 5.32 Å². The van der Waals surface area contributed by atoms with Crippen LogP contribution in [0.3, 0.4) is 0 Å². The van der Waals surface area contributed by atoms with Crippen molar-refractivity contribution < 1.29 is 0 Å². The van der Waals surface area contributed by atoms with Crippen molar-refractivity contribution in [2.24, 2.45) is 11.8 Å². The van der Waals surface area contributed by atoms with Crippen LogP contribution >= 0.6 is 22.9 Å². The van der Waals surface area contributed by atoms with Crippen molar-refractivity contribution in [2.75, 3.05) is 19.6 Å². The van der Waals surface area contributed by atoms with Crippen LogP contribution in [0, 0.1) is 11.8 Å². The van der Waals surface area contributed by atoms with E-state index in [1.165, 1.54) is 19.6 Å². The fourth-order valence-corrected chi connectivity index (χ4v) is 3.98. The van der Waals surface area contributed by atoms with Gasteiger partial charge in [0.15, 0.2) is 0 Å². The molecule has 0 radical (unpaired) electrons. The summed E-state index contributed by atoms with van der Waals surface area (Å²) in [4.78, 5) is 6.88. The van der Waals surface area contributed by atoms with Crippen LogP contribution in [0.15, 0.2) is 6.20 Å². The Balaban J connectivity index is 1.68. The van der Waals surface area contributed by atoms with Crippen LogP contribution in [-0.4, -0.2) is 35.6 Å². The molecule has 0 saturated carbocycles. The summed E-state index contributed by atoms with van der Waals surface area (Å²) in [6.45, 7) is 6.87. The number of aromatic nitrogens is 1. The third kappa shape index (κ3) is 1.88. The van der Waals surface area contributed by atoms with E-state index >= 15 is 0 Å². The van der Waals surface area contributed by atoms with E-state index in [-0.39, 0.29) is 0 Å². The predicted molar refractivity (Wildman–Crippen MR) is 66.8 cm³/mol. The van der Waals surface area contributed by atoms with Crippen LogP contribution in [-0.2, 0) is 6.54 Å². The molecule has 0 aromatic carbocycles. The standard InChI is InChI=1S/C11H16ClN3S/c1-7-9-3-13-2-8(9)5-15(7)6-11-14-4-10(12)16-11/h4,7-9,13H,2-3,5-6H2,1H3. The van der Waals surface area contributed by atoms with Crippen molar-refractivity contribution in [3.63, 3.8) is 0 Å². The maximum atomic E-state index is 5.91. The quantitative estimate of drug-likeness (QED) is 0.876. The second-order valence-electron chi connectivity index (χ2n) is 4.81. The van der Waals surface area contributed by atoms with E-state index in [1.54, 1.807) is 17.5 Å². The van der Waals surface area contributed by atoms with Gasteiger partial charge in [0.2, 0.25) is 0 Å². The zero-order valence-electron chi connectivity index (χ0n) is 9.32. The van der Waals surface area contributed by atoms with Gasteiger partial charge in [-0.25, -0.2) is 4.98 Å². The number of halogens is 1. The Morgan fingerprint density at radius 2 is 2.50 bits per heavy atom. The van der Waals surface area contributed by atoms with Crippen molar-refractivity contribution in [1.29, 1.82) is 0 Å². The van der Waals surface area contributed by atoms with Crippen LogP contribution < -0.4 is 5.32 Å². The number of thiazole rings is 1. The van der Waals surface area contributed by atoms with Crippen LogP contribution in [0.1, 0.15) is 11.9 Å². The molecule has 88 valence electrons. The molecule has 5 heteroatoms. The minimum Gasteiger partial charge on any atom is -0.316 e. The molecular weight excluding hydrogens is 242 g/mol. The fourth-order valence-electron chi connectivity index (χ4n) is 3.00. The molecular formula is C11H16ClN3S. The Labute approximate surface area is 105 Å². The average molecular weight is 258 g/mol. The Morgan fingerprint density at radius 3 is 3.19 bits per heavy atom. The highest BCUT2D eigenvalue weighted by Crippen LogP contribution is 2.33. The zero-order chi connectivity index (χ0) is 11.1. The lowest BCUT2D eigenvalue weighted by atomic mass is 9.95. The highest BCUT2D eigenvalue weighted by atomic mass is 35.5. The minimum absolute atomic E-state index is 0.669. The summed E-state index contributed by atoms with van der Waals surface area (Å²) in [5, 5.41) is 4.63. The van der Waals surface area contributed by atoms with Crippen molar-refractivity contribution in [3.8, 4) is 0 Å². The molecule has 2 aliphatic rings. The highest BCUT2D eigenvalue weighted by Gasteiger charge is 2.41. The molecule has 3 heterocycles. The molecule has 0 amide bonds. The molecule has 2 fully saturated rings. The number of rotatable bonds is 2. The topological polar surface area (TPSA) is 28.2 Å². The fraction of sp³-hybridized carbons (Fsp3) is 0.727. The molecule has 0 aliphatic carbocycles. The third-order valence-electron chi connectivity index (χ3n) is 3.92. The van der Waals surface area contributed by atoms with Gasteiger partial charge in [0.1, 0.15) is 9.34 Å². The first-order valence-electron chi connectivity index (χ1n) is 5.79. The molecule has 1 N–H and O–H groups in total. The predicted octanol–water partition coefficient (Wildman–Crippen LogP) is 1.84. The van der Waals surface area contributed by atoms with Crippen molar-refractivity contribution >= 4 is 22.9 Å². The summed E-state index contributed by atoms with van der Waals surface area (Å²) in [6, 6.07) is 0.669. The first-order chi connectivity index (χ1) is 7.74. The van der Waals surface area contributed by atoms with Gasteiger partial charge in [0.25, 0.3) is 0 Å². The van der Waals surface area contributed by atoms with E-state index in [4.69, 9.17) is 11.6 Å². The lowest BCUT2D eigenvalue weighted by Crippen LogP contribution is -2.32. The Kier molecular flexibility index (Phi) is 2.92. The lowest BCUT2D eigenvalue weighted by molar-refractivity contribution is 0.231. The molecule has 3 rings (SSSR count). The molecule has 1 aromatic rings. The van der Waals surface area contributed by atoms with E-state index in [9.17, 15) is 0 Å². The molecule has 0 bridgehead atoms. The van der Waals surface area contributed by atoms with Crippen molar-refractivity contribution in [2.45, 2.75) is 19.5 Å². The van der Waals surface area contributed by atoms with Gasteiger partial charge in [-0.15, -0.1) is 11.3 Å². The lowest BCUT2D eigenvalue weighted by Gasteiger charge is -2.22. The average Bonchev–Trinajstić information content (AvgIpc) is 2.90. The molecule has 16 heavy (non-hydrogen) atoms. The molecule has 2 aliphatic heterocycles. The number of nitrogens with one attached hydrogen (secondary N) is 1. The van der Waals surface area contributed by atoms with Crippen LogP contribution in [0.2, 0.25) is 4.34 Å². The summed E-state index contributed by atoms with van der Waals surface area (Å²) in [6.07, 6.45) is 1.75. The molecule has 0 spiro atoms. The number of likely N-dealkylation sites (tertiary alicyclic amines) is 1. The van der Waals surface area contributed by atoms with Gasteiger partial charge in [-0.1, -0.05) is 11.6 Å². The van der Waals surface area contributed by atoms with Gasteiger partial charge in [-0.05, 0) is 31.8 Å². The van der Waals surface area contributed by atoms with E-state index in [0.29, 0.717) is 6.04 Å². The summed E-state index contributed by atoms with van der Waals surface area (Å²) in [5.74, 6) is 1.67. The number of nitrogens with zero attached hydrogens (tertiary/aromatic N) is 2. The first kappa shape index (κ1) is 11.0. The number of hydrogen-bond donors (Lipinski definition) is 1. The third-order valence-corrected chi connectivity index (χ3v) is 5.02. The summed E-state index contributed by atoms with van der Waals surface area (Å²) in [5.41, 5.74) is 0. The Bertz CT molecular complexity index is 381. The second kappa shape index (κ2) is 4.26. The van der Waals surface area contributed by atoms with Gasteiger partial charge in [-0.3, -0.25) is 4.90 Å². The Hall–Kier alpha value is -0.160. The maximum Gasteiger partial charge on any atom is 0.113 e. The summed E-state index contributed by atoms with van der Waals surface area (Å²) in [7, 11) is 0. The van der Waals surface area contributed by atoms with Gasteiger partial charge in [0.05, 0.1) is 12.7 Å². The number of hydrogen-bond acceptors (Lipinski definition) is 4. The smallest absolute Gasteiger partial charge is 0.113 e. The molecule has 1 aromatic heterocycles. The summed E-state index contributed by atoms with van der Waals surface area (Å²) >= 11 is 7.51. The monoisotopic (exact) mass is 257 g/mol. The first-order valence-corrected chi connectivity index (χ1v) is 6.98. The second-order valence-corrected chi connectivity index (χ2v) is 6.56.